The molecule has 0 bridgehead atoms. The summed E-state index contributed by atoms with van der Waals surface area (Å²) in [6, 6.07) is 10.8. The number of amides is 2. The Hall–Kier alpha value is -1.59. The molecule has 3 aliphatic rings. The van der Waals surface area contributed by atoms with Crippen LogP contribution in [-0.4, -0.2) is 55.0 Å². The molecule has 2 amide bonds. The maximum absolute atomic E-state index is 12.7. The fourth-order valence-electron chi connectivity index (χ4n) is 5.30. The van der Waals surface area contributed by atoms with Crippen molar-refractivity contribution in [3.63, 3.8) is 0 Å². The Morgan fingerprint density at radius 1 is 1.04 bits per heavy atom. The first-order valence-electron chi connectivity index (χ1n) is 10.8. The molecular formula is C23H34N2O3. The lowest BCUT2D eigenvalue weighted by Crippen LogP contribution is -2.55. The highest BCUT2D eigenvalue weighted by Gasteiger charge is 2.43. The monoisotopic (exact) mass is 386 g/mol. The summed E-state index contributed by atoms with van der Waals surface area (Å²) in [6.45, 7) is 8.30. The van der Waals surface area contributed by atoms with E-state index >= 15 is 0 Å². The molecule has 0 radical (unpaired) electrons. The number of hydrogen-bond acceptors (Lipinski definition) is 3. The number of carbonyl (C=O) groups excluding carboxylic acids is 1. The van der Waals surface area contributed by atoms with E-state index in [1.807, 2.05) is 4.90 Å². The lowest BCUT2D eigenvalue weighted by atomic mass is 9.67. The van der Waals surface area contributed by atoms with E-state index in [0.29, 0.717) is 6.54 Å². The van der Waals surface area contributed by atoms with Crippen LogP contribution in [0.3, 0.4) is 0 Å². The molecule has 3 heterocycles. The minimum Gasteiger partial charge on any atom is -0.376 e. The van der Waals surface area contributed by atoms with Gasteiger partial charge in [-0.3, -0.25) is 0 Å². The van der Waals surface area contributed by atoms with Gasteiger partial charge in [0, 0.05) is 31.7 Å². The molecule has 1 aromatic carbocycles. The third-order valence-corrected chi connectivity index (χ3v) is 7.03. The van der Waals surface area contributed by atoms with Crippen LogP contribution in [0.1, 0.15) is 57.9 Å². The molecular weight excluding hydrogens is 352 g/mol. The Labute approximate surface area is 168 Å². The van der Waals surface area contributed by atoms with Gasteiger partial charge >= 0.3 is 6.03 Å². The molecule has 4 rings (SSSR count). The van der Waals surface area contributed by atoms with E-state index in [1.165, 1.54) is 5.56 Å². The van der Waals surface area contributed by atoms with Crippen LogP contribution in [0, 0.1) is 0 Å². The fourth-order valence-corrected chi connectivity index (χ4v) is 5.30. The number of rotatable bonds is 4. The quantitative estimate of drug-likeness (QED) is 0.855. The van der Waals surface area contributed by atoms with Crippen molar-refractivity contribution >= 4 is 6.03 Å². The van der Waals surface area contributed by atoms with Crippen LogP contribution in [0.5, 0.6) is 0 Å². The summed E-state index contributed by atoms with van der Waals surface area (Å²) in [7, 11) is 0. The van der Waals surface area contributed by atoms with E-state index in [0.717, 1.165) is 64.8 Å². The molecule has 5 heteroatoms. The molecule has 28 heavy (non-hydrogen) atoms. The molecule has 1 N–H and O–H groups in total. The SMILES string of the molecule is CC1(C)C[C@](CCNC(=O)N2CCC3(CCO3)CC2)(c2ccccc2)CCO1. The topological polar surface area (TPSA) is 50.8 Å². The van der Waals surface area contributed by atoms with Gasteiger partial charge in [-0.15, -0.1) is 0 Å². The third-order valence-electron chi connectivity index (χ3n) is 7.03. The van der Waals surface area contributed by atoms with Crippen LogP contribution in [0.15, 0.2) is 30.3 Å². The number of likely N-dealkylation sites (tertiary alicyclic amines) is 1. The van der Waals surface area contributed by atoms with Gasteiger partial charge in [0.25, 0.3) is 0 Å². The van der Waals surface area contributed by atoms with Gasteiger partial charge < -0.3 is 19.7 Å². The fraction of sp³-hybridized carbons (Fsp3) is 0.696. The van der Waals surface area contributed by atoms with E-state index in [-0.39, 0.29) is 22.6 Å². The molecule has 0 aliphatic carbocycles. The van der Waals surface area contributed by atoms with Crippen molar-refractivity contribution in [2.45, 2.75) is 69.0 Å². The lowest BCUT2D eigenvalue weighted by Gasteiger charge is -2.47. The molecule has 1 aromatic rings. The summed E-state index contributed by atoms with van der Waals surface area (Å²) in [5.41, 5.74) is 1.37. The molecule has 0 unspecified atom stereocenters. The van der Waals surface area contributed by atoms with Gasteiger partial charge in [-0.1, -0.05) is 30.3 Å². The maximum atomic E-state index is 12.7. The predicted molar refractivity (Wildman–Crippen MR) is 110 cm³/mol. The Balaban J connectivity index is 1.35. The molecule has 3 saturated heterocycles. The summed E-state index contributed by atoms with van der Waals surface area (Å²) < 4.78 is 11.8. The number of ether oxygens (including phenoxy) is 2. The molecule has 3 aliphatic heterocycles. The second kappa shape index (κ2) is 7.68. The number of nitrogens with zero attached hydrogens (tertiary/aromatic N) is 1. The number of piperidine rings is 1. The normalized spacial score (nSPS) is 28.6. The molecule has 1 atom stereocenters. The van der Waals surface area contributed by atoms with Crippen molar-refractivity contribution in [3.05, 3.63) is 35.9 Å². The molecule has 0 aromatic heterocycles. The number of benzene rings is 1. The van der Waals surface area contributed by atoms with E-state index in [1.54, 1.807) is 0 Å². The van der Waals surface area contributed by atoms with Crippen LogP contribution in [0.4, 0.5) is 4.79 Å². The number of carbonyl (C=O) groups is 1. The zero-order valence-corrected chi connectivity index (χ0v) is 17.3. The number of hydrogen-bond donors (Lipinski definition) is 1. The Morgan fingerprint density at radius 2 is 1.71 bits per heavy atom. The van der Waals surface area contributed by atoms with Gasteiger partial charge in [0.1, 0.15) is 0 Å². The highest BCUT2D eigenvalue weighted by molar-refractivity contribution is 5.74. The largest absolute Gasteiger partial charge is 0.376 e. The molecule has 1 spiro atoms. The van der Waals surface area contributed by atoms with Crippen molar-refractivity contribution in [3.8, 4) is 0 Å². The summed E-state index contributed by atoms with van der Waals surface area (Å²) >= 11 is 0. The first-order chi connectivity index (χ1) is 13.4. The van der Waals surface area contributed by atoms with E-state index in [9.17, 15) is 4.79 Å². The first-order valence-corrected chi connectivity index (χ1v) is 10.8. The molecule has 154 valence electrons. The van der Waals surface area contributed by atoms with Crippen molar-refractivity contribution in [1.29, 1.82) is 0 Å². The van der Waals surface area contributed by atoms with Crippen LogP contribution in [-0.2, 0) is 14.9 Å². The highest BCUT2D eigenvalue weighted by Crippen LogP contribution is 2.43. The smallest absolute Gasteiger partial charge is 0.317 e. The van der Waals surface area contributed by atoms with E-state index in [4.69, 9.17) is 9.47 Å². The van der Waals surface area contributed by atoms with Gasteiger partial charge in [-0.25, -0.2) is 4.79 Å². The Morgan fingerprint density at radius 3 is 2.32 bits per heavy atom. The van der Waals surface area contributed by atoms with E-state index < -0.39 is 0 Å². The highest BCUT2D eigenvalue weighted by atomic mass is 16.5. The van der Waals surface area contributed by atoms with Gasteiger partial charge in [0.05, 0.1) is 17.8 Å². The zero-order valence-electron chi connectivity index (χ0n) is 17.3. The van der Waals surface area contributed by atoms with Crippen molar-refractivity contribution in [2.75, 3.05) is 32.8 Å². The Kier molecular flexibility index (Phi) is 5.41. The van der Waals surface area contributed by atoms with Crippen LogP contribution in [0.2, 0.25) is 0 Å². The van der Waals surface area contributed by atoms with Crippen molar-refractivity contribution in [1.82, 2.24) is 10.2 Å². The maximum Gasteiger partial charge on any atom is 0.317 e. The van der Waals surface area contributed by atoms with Crippen molar-refractivity contribution < 1.29 is 14.3 Å². The van der Waals surface area contributed by atoms with Gasteiger partial charge in [-0.2, -0.15) is 0 Å². The molecule has 0 saturated carbocycles. The average Bonchev–Trinajstić information content (AvgIpc) is 2.67. The van der Waals surface area contributed by atoms with Crippen LogP contribution < -0.4 is 5.32 Å². The summed E-state index contributed by atoms with van der Waals surface area (Å²) in [4.78, 5) is 14.6. The number of nitrogens with one attached hydrogen (secondary N) is 1. The number of urea groups is 1. The van der Waals surface area contributed by atoms with Gasteiger partial charge in [0.15, 0.2) is 0 Å². The van der Waals surface area contributed by atoms with Crippen molar-refractivity contribution in [2.24, 2.45) is 0 Å². The predicted octanol–water partition coefficient (Wildman–Crippen LogP) is 3.87. The van der Waals surface area contributed by atoms with Gasteiger partial charge in [0.2, 0.25) is 0 Å². The summed E-state index contributed by atoms with van der Waals surface area (Å²) in [6.07, 6.45) is 6.01. The first kappa shape index (κ1) is 19.7. The third kappa shape index (κ3) is 4.06. The van der Waals surface area contributed by atoms with Gasteiger partial charge in [-0.05, 0) is 57.9 Å². The minimum atomic E-state index is -0.137. The lowest BCUT2D eigenvalue weighted by molar-refractivity contribution is -0.169. The second-order valence-corrected chi connectivity index (χ2v) is 9.43. The van der Waals surface area contributed by atoms with Crippen LogP contribution in [0.25, 0.3) is 0 Å². The molecule has 5 nitrogen and oxygen atoms in total. The molecule has 3 fully saturated rings. The average molecular weight is 387 g/mol. The second-order valence-electron chi connectivity index (χ2n) is 9.43. The van der Waals surface area contributed by atoms with Crippen LogP contribution >= 0.6 is 0 Å². The summed E-state index contributed by atoms with van der Waals surface area (Å²) in [5, 5.41) is 3.19. The Bertz CT molecular complexity index is 676. The summed E-state index contributed by atoms with van der Waals surface area (Å²) in [5.74, 6) is 0. The zero-order chi connectivity index (χ0) is 19.7. The standard InChI is InChI=1S/C23H34N2O3/c1-21(2)18-22(11-16-27-21,19-6-4-3-5-7-19)8-13-24-20(26)25-14-9-23(10-15-25)12-17-28-23/h3-7H,8-18H2,1-2H3,(H,24,26)/t22-/m1/s1. The minimum absolute atomic E-state index is 0.0576. The van der Waals surface area contributed by atoms with E-state index in [2.05, 4.69) is 49.5 Å².